The Hall–Kier alpha value is -2.27. The van der Waals surface area contributed by atoms with Crippen molar-refractivity contribution in [2.75, 3.05) is 0 Å². The van der Waals surface area contributed by atoms with Gasteiger partial charge >= 0.3 is 5.97 Å². The normalized spacial score (nSPS) is 14.2. The van der Waals surface area contributed by atoms with Gasteiger partial charge in [-0.15, -0.1) is 0 Å². The van der Waals surface area contributed by atoms with Crippen LogP contribution in [0.25, 0.3) is 11.4 Å². The standard InChI is InChI=1S/C20H27N3O2/c1-14(2)25-18(24)20(21,13-19(3,4)5)16-9-7-15(8-10-16)17-22-11-6-12-23-17/h6-12,14H,13,21H2,1-5H3/t20-/m1/s1. The number of nitrogens with two attached hydrogens (primary N) is 1. The van der Waals surface area contributed by atoms with Gasteiger partial charge in [-0.05, 0) is 37.3 Å². The van der Waals surface area contributed by atoms with Crippen molar-refractivity contribution in [3.63, 3.8) is 0 Å². The molecule has 0 fully saturated rings. The van der Waals surface area contributed by atoms with E-state index in [1.165, 1.54) is 0 Å². The Labute approximate surface area is 149 Å². The van der Waals surface area contributed by atoms with Crippen molar-refractivity contribution in [2.24, 2.45) is 11.1 Å². The SMILES string of the molecule is CC(C)OC(=O)[C@@](N)(CC(C)(C)C)c1ccc(-c2ncccn2)cc1. The number of hydrogen-bond donors (Lipinski definition) is 1. The van der Waals surface area contributed by atoms with Gasteiger partial charge in [-0.25, -0.2) is 14.8 Å². The predicted molar refractivity (Wildman–Crippen MR) is 98.6 cm³/mol. The lowest BCUT2D eigenvalue weighted by molar-refractivity contribution is -0.156. The Kier molecular flexibility index (Phi) is 5.58. The summed E-state index contributed by atoms with van der Waals surface area (Å²) in [6.07, 6.45) is 3.66. The molecule has 1 aromatic carbocycles. The number of carbonyl (C=O) groups is 1. The first kappa shape index (κ1) is 19.1. The lowest BCUT2D eigenvalue weighted by Crippen LogP contribution is -2.49. The summed E-state index contributed by atoms with van der Waals surface area (Å²) < 4.78 is 5.44. The number of benzene rings is 1. The molecule has 0 radical (unpaired) electrons. The maximum Gasteiger partial charge on any atom is 0.331 e. The maximum atomic E-state index is 12.7. The summed E-state index contributed by atoms with van der Waals surface area (Å²) in [6, 6.07) is 9.27. The summed E-state index contributed by atoms with van der Waals surface area (Å²) in [4.78, 5) is 21.2. The van der Waals surface area contributed by atoms with Crippen LogP contribution in [0.2, 0.25) is 0 Å². The molecule has 1 aromatic heterocycles. The van der Waals surface area contributed by atoms with Crippen molar-refractivity contribution in [3.05, 3.63) is 48.3 Å². The summed E-state index contributed by atoms with van der Waals surface area (Å²) in [5.74, 6) is 0.235. The zero-order valence-electron chi connectivity index (χ0n) is 15.6. The first-order valence-corrected chi connectivity index (χ1v) is 8.50. The van der Waals surface area contributed by atoms with Gasteiger partial charge in [0, 0.05) is 18.0 Å². The minimum absolute atomic E-state index is 0.133. The molecule has 0 spiro atoms. The number of aromatic nitrogens is 2. The summed E-state index contributed by atoms with van der Waals surface area (Å²) in [5.41, 5.74) is 6.86. The van der Waals surface area contributed by atoms with E-state index in [4.69, 9.17) is 10.5 Å². The quantitative estimate of drug-likeness (QED) is 0.839. The maximum absolute atomic E-state index is 12.7. The fourth-order valence-electron chi connectivity index (χ4n) is 2.81. The molecular weight excluding hydrogens is 314 g/mol. The second-order valence-electron chi connectivity index (χ2n) is 7.81. The van der Waals surface area contributed by atoms with Crippen LogP contribution in [0.5, 0.6) is 0 Å². The Morgan fingerprint density at radius 2 is 1.68 bits per heavy atom. The number of hydrogen-bond acceptors (Lipinski definition) is 5. The third kappa shape index (κ3) is 4.86. The van der Waals surface area contributed by atoms with Gasteiger partial charge in [-0.1, -0.05) is 45.0 Å². The van der Waals surface area contributed by atoms with Gasteiger partial charge in [0.1, 0.15) is 5.54 Å². The molecule has 2 aromatic rings. The van der Waals surface area contributed by atoms with Gasteiger partial charge in [0.15, 0.2) is 5.82 Å². The van der Waals surface area contributed by atoms with Crippen LogP contribution < -0.4 is 5.73 Å². The zero-order valence-corrected chi connectivity index (χ0v) is 15.6. The molecule has 2 rings (SSSR count). The predicted octanol–water partition coefficient (Wildman–Crippen LogP) is 3.69. The highest BCUT2D eigenvalue weighted by molar-refractivity contribution is 5.83. The molecule has 0 amide bonds. The van der Waals surface area contributed by atoms with Gasteiger partial charge in [-0.2, -0.15) is 0 Å². The number of rotatable bonds is 5. The number of ether oxygens (including phenoxy) is 1. The molecule has 0 unspecified atom stereocenters. The third-order valence-electron chi connectivity index (χ3n) is 3.74. The van der Waals surface area contributed by atoms with Crippen LogP contribution >= 0.6 is 0 Å². The topological polar surface area (TPSA) is 78.1 Å². The van der Waals surface area contributed by atoms with E-state index in [0.717, 1.165) is 11.1 Å². The van der Waals surface area contributed by atoms with Crippen molar-refractivity contribution in [1.29, 1.82) is 0 Å². The van der Waals surface area contributed by atoms with Crippen LogP contribution in [0.15, 0.2) is 42.7 Å². The van der Waals surface area contributed by atoms with E-state index in [2.05, 4.69) is 30.7 Å². The lowest BCUT2D eigenvalue weighted by Gasteiger charge is -2.34. The minimum Gasteiger partial charge on any atom is -0.461 e. The highest BCUT2D eigenvalue weighted by atomic mass is 16.5. The zero-order chi connectivity index (χ0) is 18.7. The average molecular weight is 341 g/mol. The summed E-state index contributed by atoms with van der Waals surface area (Å²) in [6.45, 7) is 9.83. The number of esters is 1. The molecule has 134 valence electrons. The van der Waals surface area contributed by atoms with Crippen LogP contribution in [0.1, 0.15) is 46.6 Å². The molecule has 5 nitrogen and oxygen atoms in total. The monoisotopic (exact) mass is 341 g/mol. The lowest BCUT2D eigenvalue weighted by atomic mass is 9.76. The van der Waals surface area contributed by atoms with E-state index in [9.17, 15) is 4.79 Å². The van der Waals surface area contributed by atoms with Gasteiger partial charge in [0.2, 0.25) is 0 Å². The van der Waals surface area contributed by atoms with E-state index in [-0.39, 0.29) is 11.5 Å². The van der Waals surface area contributed by atoms with E-state index in [1.54, 1.807) is 18.5 Å². The van der Waals surface area contributed by atoms with Crippen molar-refractivity contribution < 1.29 is 9.53 Å². The van der Waals surface area contributed by atoms with E-state index in [0.29, 0.717) is 12.2 Å². The Bertz CT molecular complexity index is 706. The van der Waals surface area contributed by atoms with Crippen molar-refractivity contribution >= 4 is 5.97 Å². The van der Waals surface area contributed by atoms with Crippen LogP contribution in [0.4, 0.5) is 0 Å². The molecule has 5 heteroatoms. The molecule has 0 saturated carbocycles. The minimum atomic E-state index is -1.20. The Balaban J connectivity index is 2.38. The van der Waals surface area contributed by atoms with E-state index in [1.807, 2.05) is 38.1 Å². The van der Waals surface area contributed by atoms with E-state index >= 15 is 0 Å². The van der Waals surface area contributed by atoms with Crippen LogP contribution in [0.3, 0.4) is 0 Å². The van der Waals surface area contributed by atoms with Gasteiger partial charge in [-0.3, -0.25) is 0 Å². The number of carbonyl (C=O) groups excluding carboxylic acids is 1. The molecule has 1 heterocycles. The average Bonchev–Trinajstić information content (AvgIpc) is 2.53. The molecule has 2 N–H and O–H groups in total. The fraction of sp³-hybridized carbons (Fsp3) is 0.450. The molecule has 0 aliphatic heterocycles. The molecule has 1 atom stereocenters. The Morgan fingerprint density at radius 1 is 1.12 bits per heavy atom. The summed E-state index contributed by atoms with van der Waals surface area (Å²) in [5, 5.41) is 0. The number of nitrogens with zero attached hydrogens (tertiary/aromatic N) is 2. The molecule has 0 bridgehead atoms. The second kappa shape index (κ2) is 7.31. The largest absolute Gasteiger partial charge is 0.461 e. The Morgan fingerprint density at radius 3 is 2.16 bits per heavy atom. The summed E-state index contributed by atoms with van der Waals surface area (Å²) in [7, 11) is 0. The molecular formula is C20H27N3O2. The van der Waals surface area contributed by atoms with E-state index < -0.39 is 11.5 Å². The first-order valence-electron chi connectivity index (χ1n) is 8.50. The van der Waals surface area contributed by atoms with Gasteiger partial charge in [0.25, 0.3) is 0 Å². The van der Waals surface area contributed by atoms with Crippen molar-refractivity contribution in [2.45, 2.75) is 52.7 Å². The molecule has 0 aliphatic rings. The summed E-state index contributed by atoms with van der Waals surface area (Å²) >= 11 is 0. The van der Waals surface area contributed by atoms with Gasteiger partial charge < -0.3 is 10.5 Å². The first-order chi connectivity index (χ1) is 11.6. The highest BCUT2D eigenvalue weighted by Crippen LogP contribution is 2.35. The molecule has 0 saturated heterocycles. The third-order valence-corrected chi connectivity index (χ3v) is 3.74. The second-order valence-corrected chi connectivity index (χ2v) is 7.81. The van der Waals surface area contributed by atoms with Crippen LogP contribution in [0, 0.1) is 5.41 Å². The van der Waals surface area contributed by atoms with Crippen LogP contribution in [-0.2, 0) is 15.1 Å². The molecule has 0 aliphatic carbocycles. The van der Waals surface area contributed by atoms with Crippen LogP contribution in [-0.4, -0.2) is 22.0 Å². The van der Waals surface area contributed by atoms with Gasteiger partial charge in [0.05, 0.1) is 6.10 Å². The molecule has 25 heavy (non-hydrogen) atoms. The smallest absolute Gasteiger partial charge is 0.331 e. The fourth-order valence-corrected chi connectivity index (χ4v) is 2.81. The highest BCUT2D eigenvalue weighted by Gasteiger charge is 2.41. The van der Waals surface area contributed by atoms with Crippen molar-refractivity contribution in [3.8, 4) is 11.4 Å². The van der Waals surface area contributed by atoms with Crippen molar-refractivity contribution in [1.82, 2.24) is 9.97 Å².